The topological polar surface area (TPSA) is 45.6 Å². The third-order valence-corrected chi connectivity index (χ3v) is 4.87. The van der Waals surface area contributed by atoms with Crippen molar-refractivity contribution in [2.24, 2.45) is 0 Å². The van der Waals surface area contributed by atoms with E-state index in [0.717, 1.165) is 44.5 Å². The second-order valence-corrected chi connectivity index (χ2v) is 6.73. The van der Waals surface area contributed by atoms with Gasteiger partial charge in [0.05, 0.1) is 23.8 Å². The van der Waals surface area contributed by atoms with E-state index >= 15 is 0 Å². The van der Waals surface area contributed by atoms with Crippen molar-refractivity contribution in [1.82, 2.24) is 4.98 Å². The van der Waals surface area contributed by atoms with E-state index in [1.807, 2.05) is 48.2 Å². The summed E-state index contributed by atoms with van der Waals surface area (Å²) in [6.07, 6.45) is 0. The van der Waals surface area contributed by atoms with Gasteiger partial charge in [0.2, 0.25) is 0 Å². The van der Waals surface area contributed by atoms with E-state index in [-0.39, 0.29) is 6.73 Å². The number of methoxy groups -OCH3 is 1. The van der Waals surface area contributed by atoms with Crippen molar-refractivity contribution in [3.05, 3.63) is 71.8 Å². The van der Waals surface area contributed by atoms with Crippen molar-refractivity contribution in [3.8, 4) is 5.75 Å². The summed E-state index contributed by atoms with van der Waals surface area (Å²) >= 11 is 0. The average molecular weight is 358 g/mol. The summed E-state index contributed by atoms with van der Waals surface area (Å²) in [5.74, 6) is 0.744. The maximum atomic E-state index is 10.2. The smallest absolute Gasteiger partial charge is 0.146 e. The van der Waals surface area contributed by atoms with Crippen LogP contribution in [0.4, 0.5) is 11.4 Å². The molecule has 1 heterocycles. The lowest BCUT2D eigenvalue weighted by Crippen LogP contribution is -2.19. The fourth-order valence-corrected chi connectivity index (χ4v) is 3.59. The molecule has 0 radical (unpaired) electrons. The van der Waals surface area contributed by atoms with E-state index in [1.54, 1.807) is 7.11 Å². The molecule has 0 spiro atoms. The molecule has 1 aromatic heterocycles. The Morgan fingerprint density at radius 1 is 0.963 bits per heavy atom. The predicted octanol–water partition coefficient (Wildman–Crippen LogP) is 5.10. The summed E-state index contributed by atoms with van der Waals surface area (Å²) in [4.78, 5) is 6.74. The van der Waals surface area contributed by atoms with Crippen LogP contribution in [0.1, 0.15) is 11.1 Å². The third-order valence-electron chi connectivity index (χ3n) is 4.87. The summed E-state index contributed by atoms with van der Waals surface area (Å²) in [5.41, 5.74) is 5.74. The molecule has 0 fully saturated rings. The number of anilines is 2. The van der Waals surface area contributed by atoms with Crippen LogP contribution in [0.3, 0.4) is 0 Å². The van der Waals surface area contributed by atoms with Crippen LogP contribution in [0.5, 0.6) is 5.75 Å². The molecule has 4 rings (SSSR count). The van der Waals surface area contributed by atoms with Gasteiger partial charge in [-0.05, 0) is 55.3 Å². The molecule has 0 unspecified atom stereocenters. The number of benzene rings is 3. The maximum absolute atomic E-state index is 10.2. The summed E-state index contributed by atoms with van der Waals surface area (Å²) in [7, 11) is 1.66. The molecule has 4 aromatic rings. The molecule has 0 aliphatic carbocycles. The number of aliphatic hydroxyl groups excluding tert-OH is 1. The van der Waals surface area contributed by atoms with Gasteiger partial charge in [0.15, 0.2) is 0 Å². The van der Waals surface area contributed by atoms with E-state index in [0.29, 0.717) is 0 Å². The van der Waals surface area contributed by atoms with Crippen molar-refractivity contribution >= 4 is 33.2 Å². The van der Waals surface area contributed by atoms with Crippen molar-refractivity contribution in [2.75, 3.05) is 18.7 Å². The molecule has 0 aliphatic rings. The molecule has 4 nitrogen and oxygen atoms in total. The Morgan fingerprint density at radius 3 is 2.44 bits per heavy atom. The highest BCUT2D eigenvalue weighted by atomic mass is 16.5. The Labute approximate surface area is 158 Å². The zero-order valence-corrected chi connectivity index (χ0v) is 15.7. The first-order valence-corrected chi connectivity index (χ1v) is 8.94. The highest BCUT2D eigenvalue weighted by Crippen LogP contribution is 2.42. The second kappa shape index (κ2) is 6.89. The molecule has 0 aliphatic heterocycles. The van der Waals surface area contributed by atoms with Crippen molar-refractivity contribution in [2.45, 2.75) is 13.8 Å². The monoisotopic (exact) mass is 358 g/mol. The molecule has 3 aromatic carbocycles. The van der Waals surface area contributed by atoms with Crippen molar-refractivity contribution in [3.63, 3.8) is 0 Å². The van der Waals surface area contributed by atoms with Crippen LogP contribution in [0.15, 0.2) is 60.7 Å². The van der Waals surface area contributed by atoms with Gasteiger partial charge >= 0.3 is 0 Å². The fraction of sp³-hybridized carbons (Fsp3) is 0.174. The van der Waals surface area contributed by atoms with Crippen LogP contribution in [0.25, 0.3) is 21.8 Å². The predicted molar refractivity (Wildman–Crippen MR) is 111 cm³/mol. The number of aryl methyl sites for hydroxylation is 2. The summed E-state index contributed by atoms with van der Waals surface area (Å²) in [5, 5.41) is 12.2. The van der Waals surface area contributed by atoms with Crippen LogP contribution < -0.4 is 9.64 Å². The molecule has 0 saturated heterocycles. The van der Waals surface area contributed by atoms with E-state index in [1.165, 1.54) is 5.56 Å². The zero-order valence-electron chi connectivity index (χ0n) is 15.7. The quantitative estimate of drug-likeness (QED) is 0.407. The number of pyridine rings is 1. The maximum Gasteiger partial charge on any atom is 0.146 e. The highest BCUT2D eigenvalue weighted by Gasteiger charge is 2.20. The highest BCUT2D eigenvalue weighted by molar-refractivity contribution is 6.03. The number of hydrogen-bond acceptors (Lipinski definition) is 4. The second-order valence-electron chi connectivity index (χ2n) is 6.73. The zero-order chi connectivity index (χ0) is 19.0. The fourth-order valence-electron chi connectivity index (χ4n) is 3.59. The first-order chi connectivity index (χ1) is 13.1. The van der Waals surface area contributed by atoms with Crippen molar-refractivity contribution < 1.29 is 9.84 Å². The van der Waals surface area contributed by atoms with Gasteiger partial charge in [0.25, 0.3) is 0 Å². The van der Waals surface area contributed by atoms with E-state index in [2.05, 4.69) is 31.2 Å². The Balaban J connectivity index is 2.08. The number of nitrogens with zero attached hydrogens (tertiary/aromatic N) is 2. The van der Waals surface area contributed by atoms with Gasteiger partial charge in [0, 0.05) is 16.5 Å². The van der Waals surface area contributed by atoms with Crippen LogP contribution in [0, 0.1) is 13.8 Å². The van der Waals surface area contributed by atoms with Gasteiger partial charge in [0.1, 0.15) is 12.5 Å². The molecule has 0 bridgehead atoms. The number of rotatable bonds is 4. The lowest BCUT2D eigenvalue weighted by Gasteiger charge is -2.27. The number of para-hydroxylation sites is 1. The van der Waals surface area contributed by atoms with Gasteiger partial charge in [-0.1, -0.05) is 30.3 Å². The number of fused-ring (bicyclic) bond motifs is 2. The Hall–Kier alpha value is -3.11. The third kappa shape index (κ3) is 2.98. The van der Waals surface area contributed by atoms with E-state index in [9.17, 15) is 5.11 Å². The Morgan fingerprint density at radius 2 is 1.74 bits per heavy atom. The molecule has 27 heavy (non-hydrogen) atoms. The lowest BCUT2D eigenvalue weighted by molar-refractivity contribution is 0.303. The van der Waals surface area contributed by atoms with Gasteiger partial charge in [-0.15, -0.1) is 0 Å². The number of ether oxygens (including phenoxy) is 1. The molecular formula is C23H22N2O2. The average Bonchev–Trinajstić information content (AvgIpc) is 2.68. The SMILES string of the molecule is COc1c(C)cc2nc3cc(C)ccc3cc2c1N(CO)c1ccccc1. The number of aromatic nitrogens is 1. The van der Waals surface area contributed by atoms with Crippen LogP contribution in [-0.2, 0) is 0 Å². The molecule has 0 amide bonds. The van der Waals surface area contributed by atoms with E-state index in [4.69, 9.17) is 9.72 Å². The summed E-state index contributed by atoms with van der Waals surface area (Å²) in [6.45, 7) is 3.91. The largest absolute Gasteiger partial charge is 0.494 e. The van der Waals surface area contributed by atoms with Gasteiger partial charge in [-0.2, -0.15) is 0 Å². The van der Waals surface area contributed by atoms with Crippen LogP contribution in [-0.4, -0.2) is 23.9 Å². The molecular weight excluding hydrogens is 336 g/mol. The summed E-state index contributed by atoms with van der Waals surface area (Å²) in [6, 6.07) is 20.2. The minimum atomic E-state index is -0.162. The normalized spacial score (nSPS) is 11.1. The first-order valence-electron chi connectivity index (χ1n) is 8.94. The number of aliphatic hydroxyl groups is 1. The standard InChI is InChI=1S/C23H22N2O2/c1-15-9-10-17-13-19-21(24-20(17)11-15)12-16(2)23(27-3)22(19)25(14-26)18-7-5-4-6-8-18/h4-13,26H,14H2,1-3H3. The van der Waals surface area contributed by atoms with E-state index < -0.39 is 0 Å². The van der Waals surface area contributed by atoms with Crippen LogP contribution >= 0.6 is 0 Å². The van der Waals surface area contributed by atoms with Gasteiger partial charge < -0.3 is 14.7 Å². The number of hydrogen-bond donors (Lipinski definition) is 1. The minimum absolute atomic E-state index is 0.162. The van der Waals surface area contributed by atoms with Crippen molar-refractivity contribution in [1.29, 1.82) is 0 Å². The lowest BCUT2D eigenvalue weighted by atomic mass is 10.0. The minimum Gasteiger partial charge on any atom is -0.494 e. The first kappa shape index (κ1) is 17.3. The Kier molecular flexibility index (Phi) is 4.42. The Bertz CT molecular complexity index is 1120. The molecule has 4 heteroatoms. The van der Waals surface area contributed by atoms with Crippen LogP contribution in [0.2, 0.25) is 0 Å². The molecule has 136 valence electrons. The molecule has 1 N–H and O–H groups in total. The van der Waals surface area contributed by atoms with Gasteiger partial charge in [-0.25, -0.2) is 4.98 Å². The summed E-state index contributed by atoms with van der Waals surface area (Å²) < 4.78 is 5.74. The molecule has 0 saturated carbocycles. The molecule has 0 atom stereocenters. The van der Waals surface area contributed by atoms with Gasteiger partial charge in [-0.3, -0.25) is 0 Å².